The maximum absolute atomic E-state index is 12.3. The molecule has 0 bridgehead atoms. The normalized spacial score (nSPS) is 21.5. The fourth-order valence-corrected chi connectivity index (χ4v) is 3.93. The van der Waals surface area contributed by atoms with Crippen LogP contribution in [0.3, 0.4) is 0 Å². The molecule has 1 aromatic heterocycles. The number of carboxylic acid groups (broad SMARTS) is 1. The summed E-state index contributed by atoms with van der Waals surface area (Å²) in [5.74, 6) is 0.754. The van der Waals surface area contributed by atoms with Gasteiger partial charge in [0.2, 0.25) is 0 Å². The van der Waals surface area contributed by atoms with Crippen LogP contribution < -0.4 is 10.6 Å². The number of aryl methyl sites for hydroxylation is 2. The maximum Gasteiger partial charge on any atom is 0.319 e. The van der Waals surface area contributed by atoms with Gasteiger partial charge in [0.1, 0.15) is 11.3 Å². The second kappa shape index (κ2) is 7.47. The molecule has 0 saturated heterocycles. The van der Waals surface area contributed by atoms with E-state index in [9.17, 15) is 9.59 Å². The lowest BCUT2D eigenvalue weighted by atomic mass is 9.85. The van der Waals surface area contributed by atoms with E-state index in [1.807, 2.05) is 32.0 Å². The van der Waals surface area contributed by atoms with Crippen LogP contribution in [0.4, 0.5) is 10.5 Å². The Kier molecular flexibility index (Phi) is 5.02. The number of fused-ring (bicyclic) bond motifs is 1. The minimum atomic E-state index is -0.782. The molecule has 1 aromatic carbocycles. The average Bonchev–Trinajstić information content (AvgIpc) is 3.36. The second-order valence-electron chi connectivity index (χ2n) is 8.18. The zero-order valence-electron chi connectivity index (χ0n) is 16.3. The summed E-state index contributed by atoms with van der Waals surface area (Å²) in [4.78, 5) is 25.5. The van der Waals surface area contributed by atoms with Gasteiger partial charge in [0.05, 0.1) is 6.54 Å². The Morgan fingerprint density at radius 2 is 2.00 bits per heavy atom. The van der Waals surface area contributed by atoms with Crippen molar-refractivity contribution in [2.24, 2.45) is 5.92 Å². The van der Waals surface area contributed by atoms with Gasteiger partial charge in [-0.05, 0) is 69.2 Å². The van der Waals surface area contributed by atoms with Crippen LogP contribution in [0.2, 0.25) is 0 Å². The van der Waals surface area contributed by atoms with Crippen LogP contribution in [0.15, 0.2) is 22.6 Å². The number of nitrogens with one attached hydrogen (secondary N) is 2. The Labute approximate surface area is 164 Å². The first kappa shape index (κ1) is 18.8. The van der Waals surface area contributed by atoms with Crippen molar-refractivity contribution in [3.63, 3.8) is 0 Å². The van der Waals surface area contributed by atoms with Crippen LogP contribution in [-0.4, -0.2) is 47.2 Å². The highest BCUT2D eigenvalue weighted by Gasteiger charge is 2.37. The number of aliphatic carboxylic acids is 1. The summed E-state index contributed by atoms with van der Waals surface area (Å²) in [6.07, 6.45) is 4.00. The highest BCUT2D eigenvalue weighted by Crippen LogP contribution is 2.34. The van der Waals surface area contributed by atoms with Crippen molar-refractivity contribution in [2.45, 2.75) is 51.6 Å². The van der Waals surface area contributed by atoms with E-state index in [4.69, 9.17) is 9.52 Å². The van der Waals surface area contributed by atoms with E-state index in [1.165, 1.54) is 12.8 Å². The van der Waals surface area contributed by atoms with Gasteiger partial charge in [0.15, 0.2) is 0 Å². The molecule has 0 spiro atoms. The number of carbonyl (C=O) groups is 2. The molecule has 3 N–H and O–H groups in total. The van der Waals surface area contributed by atoms with E-state index in [0.29, 0.717) is 5.92 Å². The van der Waals surface area contributed by atoms with Gasteiger partial charge in [-0.3, -0.25) is 9.69 Å². The molecule has 0 aliphatic heterocycles. The highest BCUT2D eigenvalue weighted by molar-refractivity contribution is 5.93. The van der Waals surface area contributed by atoms with Gasteiger partial charge in [0.25, 0.3) is 0 Å². The van der Waals surface area contributed by atoms with Crippen molar-refractivity contribution in [2.75, 3.05) is 18.4 Å². The van der Waals surface area contributed by atoms with Crippen molar-refractivity contribution < 1.29 is 19.1 Å². The summed E-state index contributed by atoms with van der Waals surface area (Å²) in [6, 6.07) is 5.73. The number of carbonyl (C=O) groups excluding carboxylic acids is 1. The smallest absolute Gasteiger partial charge is 0.319 e. The number of hydrogen-bond acceptors (Lipinski definition) is 4. The van der Waals surface area contributed by atoms with Gasteiger partial charge in [-0.25, -0.2) is 4.79 Å². The molecule has 0 radical (unpaired) electrons. The molecule has 150 valence electrons. The van der Waals surface area contributed by atoms with E-state index in [1.54, 1.807) is 0 Å². The first-order valence-electron chi connectivity index (χ1n) is 9.92. The van der Waals surface area contributed by atoms with Crippen molar-refractivity contribution in [3.8, 4) is 0 Å². The summed E-state index contributed by atoms with van der Waals surface area (Å²) < 4.78 is 5.67. The van der Waals surface area contributed by atoms with Gasteiger partial charge in [-0.1, -0.05) is 0 Å². The third-order valence-electron chi connectivity index (χ3n) is 5.93. The zero-order chi connectivity index (χ0) is 19.8. The first-order valence-corrected chi connectivity index (χ1v) is 9.92. The quantitative estimate of drug-likeness (QED) is 0.678. The number of anilines is 1. The van der Waals surface area contributed by atoms with Crippen LogP contribution in [-0.2, 0) is 4.79 Å². The lowest BCUT2D eigenvalue weighted by molar-refractivity contribution is -0.139. The van der Waals surface area contributed by atoms with Crippen LogP contribution in [0, 0.1) is 19.8 Å². The fraction of sp³-hybridized carbons (Fsp3) is 0.524. The Balaban J connectivity index is 1.29. The van der Waals surface area contributed by atoms with Gasteiger partial charge >= 0.3 is 12.0 Å². The van der Waals surface area contributed by atoms with E-state index < -0.39 is 5.97 Å². The van der Waals surface area contributed by atoms with E-state index in [-0.39, 0.29) is 24.7 Å². The van der Waals surface area contributed by atoms with Gasteiger partial charge in [-0.15, -0.1) is 0 Å². The molecular weight excluding hydrogens is 358 g/mol. The van der Waals surface area contributed by atoms with Crippen LogP contribution in [0.25, 0.3) is 11.0 Å². The molecule has 2 aliphatic carbocycles. The summed E-state index contributed by atoms with van der Waals surface area (Å²) in [5.41, 5.74) is 2.62. The number of nitrogens with zero attached hydrogens (tertiary/aromatic N) is 1. The predicted molar refractivity (Wildman–Crippen MR) is 107 cm³/mol. The number of benzene rings is 1. The van der Waals surface area contributed by atoms with Crippen molar-refractivity contribution >= 4 is 28.7 Å². The summed E-state index contributed by atoms with van der Waals surface area (Å²) in [7, 11) is 0. The fourth-order valence-electron chi connectivity index (χ4n) is 3.93. The van der Waals surface area contributed by atoms with Crippen molar-refractivity contribution in [1.29, 1.82) is 0 Å². The Bertz CT molecular complexity index is 896. The van der Waals surface area contributed by atoms with Crippen LogP contribution in [0.1, 0.15) is 37.0 Å². The van der Waals surface area contributed by atoms with E-state index in [2.05, 4.69) is 15.5 Å². The molecule has 2 fully saturated rings. The molecule has 4 rings (SSSR count). The van der Waals surface area contributed by atoms with Gasteiger partial charge in [-0.2, -0.15) is 0 Å². The second-order valence-corrected chi connectivity index (χ2v) is 8.18. The first-order chi connectivity index (χ1) is 13.4. The van der Waals surface area contributed by atoms with Gasteiger partial charge in [0, 0.05) is 29.7 Å². The zero-order valence-corrected chi connectivity index (χ0v) is 16.3. The van der Waals surface area contributed by atoms with E-state index in [0.717, 1.165) is 47.4 Å². The molecule has 2 saturated carbocycles. The van der Waals surface area contributed by atoms with Crippen LogP contribution >= 0.6 is 0 Å². The third kappa shape index (κ3) is 4.14. The maximum atomic E-state index is 12.3. The van der Waals surface area contributed by atoms with E-state index >= 15 is 0 Å². The number of furan rings is 1. The number of carboxylic acids is 1. The predicted octanol–water partition coefficient (Wildman–Crippen LogP) is 3.50. The third-order valence-corrected chi connectivity index (χ3v) is 5.93. The monoisotopic (exact) mass is 385 g/mol. The average molecular weight is 385 g/mol. The molecule has 1 heterocycles. The highest BCUT2D eigenvalue weighted by atomic mass is 16.4. The van der Waals surface area contributed by atoms with Crippen molar-refractivity contribution in [1.82, 2.24) is 10.2 Å². The summed E-state index contributed by atoms with van der Waals surface area (Å²) >= 11 is 0. The lowest BCUT2D eigenvalue weighted by Gasteiger charge is -2.42. The lowest BCUT2D eigenvalue weighted by Crippen LogP contribution is -2.55. The molecular formula is C21H27N3O4. The summed E-state index contributed by atoms with van der Waals surface area (Å²) in [6.45, 7) is 4.88. The Morgan fingerprint density at radius 3 is 2.68 bits per heavy atom. The van der Waals surface area contributed by atoms with Crippen LogP contribution in [0.5, 0.6) is 0 Å². The number of urea groups is 1. The molecule has 2 amide bonds. The number of hydrogen-bond donors (Lipinski definition) is 3. The molecule has 2 aliphatic rings. The molecule has 0 atom stereocenters. The van der Waals surface area contributed by atoms with Gasteiger partial charge < -0.3 is 20.2 Å². The topological polar surface area (TPSA) is 94.8 Å². The Morgan fingerprint density at radius 1 is 1.25 bits per heavy atom. The largest absolute Gasteiger partial charge is 0.480 e. The minimum Gasteiger partial charge on any atom is -0.480 e. The number of amides is 2. The Hall–Kier alpha value is -2.54. The molecule has 2 aromatic rings. The minimum absolute atomic E-state index is 0.0853. The molecule has 7 nitrogen and oxygen atoms in total. The standard InChI is InChI=1S/C21H27N3O4/c1-12-13(2)28-19-6-5-15(9-18(12)19)22-21(27)23-16-7-17(8-16)24(11-20(25)26)10-14-3-4-14/h5-6,9,14,16-17H,3-4,7-8,10-11H2,1-2H3,(H,25,26)(H2,22,23,27). The molecule has 7 heteroatoms. The summed E-state index contributed by atoms with van der Waals surface area (Å²) in [5, 5.41) is 16.0. The number of rotatable bonds is 7. The SMILES string of the molecule is Cc1oc2ccc(NC(=O)NC3CC(N(CC(=O)O)CC4CC4)C3)cc2c1C. The van der Waals surface area contributed by atoms with Crippen molar-refractivity contribution in [3.05, 3.63) is 29.5 Å². The molecule has 28 heavy (non-hydrogen) atoms. The molecule has 0 unspecified atom stereocenters.